The second-order valence-electron chi connectivity index (χ2n) is 3.80. The van der Waals surface area contributed by atoms with E-state index in [0.29, 0.717) is 11.6 Å². The van der Waals surface area contributed by atoms with E-state index in [1.165, 1.54) is 6.07 Å². The van der Waals surface area contributed by atoms with Crippen LogP contribution in [0.15, 0.2) is 24.3 Å². The van der Waals surface area contributed by atoms with Gasteiger partial charge in [-0.1, -0.05) is 6.07 Å². The number of aromatic amines is 1. The molecule has 0 aliphatic carbocycles. The zero-order valence-corrected chi connectivity index (χ0v) is 9.52. The molecule has 17 heavy (non-hydrogen) atoms. The first-order chi connectivity index (χ1) is 8.06. The molecule has 0 amide bonds. The predicted octanol–water partition coefficient (Wildman–Crippen LogP) is 2.52. The molecule has 88 valence electrons. The Hall–Kier alpha value is -2.30. The lowest BCUT2D eigenvalue weighted by atomic mass is 10.1. The Labute approximate surface area is 98.0 Å². The topological polar surface area (TPSA) is 75.2 Å². The van der Waals surface area contributed by atoms with Crippen molar-refractivity contribution in [2.45, 2.75) is 13.8 Å². The van der Waals surface area contributed by atoms with Gasteiger partial charge in [0.1, 0.15) is 11.3 Å². The first-order valence-electron chi connectivity index (χ1n) is 5.10. The lowest BCUT2D eigenvalue weighted by Gasteiger charge is -2.06. The van der Waals surface area contributed by atoms with Gasteiger partial charge >= 0.3 is 5.97 Å². The van der Waals surface area contributed by atoms with Gasteiger partial charge in [0.15, 0.2) is 0 Å². The van der Waals surface area contributed by atoms with Crippen molar-refractivity contribution in [1.82, 2.24) is 10.2 Å². The second-order valence-corrected chi connectivity index (χ2v) is 3.80. The number of H-pyrrole nitrogens is 1. The van der Waals surface area contributed by atoms with Gasteiger partial charge in [0.2, 0.25) is 5.88 Å². The Morgan fingerprint density at radius 2 is 2.12 bits per heavy atom. The maximum Gasteiger partial charge on any atom is 0.339 e. The SMILES string of the molecule is Cc1ccc(C(=O)O)c(Oc2cc(C)[nH]n2)c1. The molecule has 1 heterocycles. The average molecular weight is 232 g/mol. The number of aromatic carboxylic acids is 1. The molecule has 0 atom stereocenters. The number of hydrogen-bond acceptors (Lipinski definition) is 3. The van der Waals surface area contributed by atoms with Gasteiger partial charge in [-0.3, -0.25) is 5.10 Å². The molecule has 0 bridgehead atoms. The molecule has 0 saturated carbocycles. The molecular formula is C12H12N2O3. The summed E-state index contributed by atoms with van der Waals surface area (Å²) in [6.07, 6.45) is 0. The zero-order valence-electron chi connectivity index (χ0n) is 9.52. The van der Waals surface area contributed by atoms with Crippen LogP contribution in [-0.2, 0) is 0 Å². The van der Waals surface area contributed by atoms with E-state index in [0.717, 1.165) is 11.3 Å². The van der Waals surface area contributed by atoms with Crippen LogP contribution < -0.4 is 4.74 Å². The fourth-order valence-electron chi connectivity index (χ4n) is 1.45. The monoisotopic (exact) mass is 232 g/mol. The van der Waals surface area contributed by atoms with E-state index in [1.807, 2.05) is 13.8 Å². The van der Waals surface area contributed by atoms with Crippen LogP contribution in [0.4, 0.5) is 0 Å². The maximum absolute atomic E-state index is 11.0. The Kier molecular flexibility index (Phi) is 2.82. The van der Waals surface area contributed by atoms with Crippen LogP contribution in [0.1, 0.15) is 21.6 Å². The van der Waals surface area contributed by atoms with Gasteiger partial charge < -0.3 is 9.84 Å². The van der Waals surface area contributed by atoms with Crippen molar-refractivity contribution in [3.63, 3.8) is 0 Å². The number of hydrogen-bond donors (Lipinski definition) is 2. The molecule has 0 aliphatic heterocycles. The van der Waals surface area contributed by atoms with E-state index in [4.69, 9.17) is 9.84 Å². The number of ether oxygens (including phenoxy) is 1. The third-order valence-corrected chi connectivity index (χ3v) is 2.26. The van der Waals surface area contributed by atoms with Gasteiger partial charge in [-0.15, -0.1) is 5.10 Å². The van der Waals surface area contributed by atoms with Crippen molar-refractivity contribution in [1.29, 1.82) is 0 Å². The fraction of sp³-hybridized carbons (Fsp3) is 0.167. The van der Waals surface area contributed by atoms with E-state index in [9.17, 15) is 4.79 Å². The number of carboxylic acids is 1. The molecule has 2 N–H and O–H groups in total. The summed E-state index contributed by atoms with van der Waals surface area (Å²) < 4.78 is 5.45. The first-order valence-corrected chi connectivity index (χ1v) is 5.10. The highest BCUT2D eigenvalue weighted by atomic mass is 16.5. The molecule has 5 nitrogen and oxygen atoms in total. The quantitative estimate of drug-likeness (QED) is 0.852. The lowest BCUT2D eigenvalue weighted by molar-refractivity contribution is 0.0694. The number of nitrogens with zero attached hydrogens (tertiary/aromatic N) is 1. The summed E-state index contributed by atoms with van der Waals surface area (Å²) in [6, 6.07) is 6.63. The number of aryl methyl sites for hydroxylation is 2. The summed E-state index contributed by atoms with van der Waals surface area (Å²) in [6.45, 7) is 3.71. The highest BCUT2D eigenvalue weighted by Gasteiger charge is 2.13. The highest BCUT2D eigenvalue weighted by molar-refractivity contribution is 5.91. The number of nitrogens with one attached hydrogen (secondary N) is 1. The average Bonchev–Trinajstić information content (AvgIpc) is 2.63. The van der Waals surface area contributed by atoms with E-state index < -0.39 is 5.97 Å². The van der Waals surface area contributed by atoms with Crippen LogP contribution in [0.25, 0.3) is 0 Å². The molecule has 0 fully saturated rings. The van der Waals surface area contributed by atoms with Crippen LogP contribution in [0.2, 0.25) is 0 Å². The van der Waals surface area contributed by atoms with Gasteiger partial charge in [-0.25, -0.2) is 4.79 Å². The van der Waals surface area contributed by atoms with Gasteiger partial charge in [-0.05, 0) is 31.5 Å². The Morgan fingerprint density at radius 1 is 1.35 bits per heavy atom. The summed E-state index contributed by atoms with van der Waals surface area (Å²) in [7, 11) is 0. The minimum Gasteiger partial charge on any atom is -0.478 e. The number of benzene rings is 1. The van der Waals surface area contributed by atoms with Crippen molar-refractivity contribution in [3.8, 4) is 11.6 Å². The van der Waals surface area contributed by atoms with Crippen molar-refractivity contribution < 1.29 is 14.6 Å². The number of carboxylic acid groups (broad SMARTS) is 1. The van der Waals surface area contributed by atoms with Gasteiger partial charge in [0, 0.05) is 11.8 Å². The second kappa shape index (κ2) is 4.29. The maximum atomic E-state index is 11.0. The zero-order chi connectivity index (χ0) is 12.4. The number of aromatic nitrogens is 2. The minimum absolute atomic E-state index is 0.122. The van der Waals surface area contributed by atoms with Gasteiger partial charge in [0.05, 0.1) is 0 Å². The van der Waals surface area contributed by atoms with Gasteiger partial charge in [-0.2, -0.15) is 0 Å². The summed E-state index contributed by atoms with van der Waals surface area (Å²) in [4.78, 5) is 11.0. The van der Waals surface area contributed by atoms with Crippen molar-refractivity contribution >= 4 is 5.97 Å². The molecule has 0 aliphatic rings. The van der Waals surface area contributed by atoms with E-state index in [-0.39, 0.29) is 5.56 Å². The smallest absolute Gasteiger partial charge is 0.339 e. The molecule has 0 spiro atoms. The van der Waals surface area contributed by atoms with E-state index >= 15 is 0 Å². The summed E-state index contributed by atoms with van der Waals surface area (Å²) in [5.74, 6) is -0.369. The van der Waals surface area contributed by atoms with Crippen LogP contribution in [0.3, 0.4) is 0 Å². The fourth-order valence-corrected chi connectivity index (χ4v) is 1.45. The van der Waals surface area contributed by atoms with Crippen LogP contribution in [0, 0.1) is 13.8 Å². The summed E-state index contributed by atoms with van der Waals surface area (Å²) in [5, 5.41) is 15.7. The molecule has 5 heteroatoms. The van der Waals surface area contributed by atoms with Crippen molar-refractivity contribution in [2.75, 3.05) is 0 Å². The van der Waals surface area contributed by atoms with Crippen LogP contribution >= 0.6 is 0 Å². The largest absolute Gasteiger partial charge is 0.478 e. The Morgan fingerprint density at radius 3 is 2.71 bits per heavy atom. The van der Waals surface area contributed by atoms with Crippen molar-refractivity contribution in [2.24, 2.45) is 0 Å². The summed E-state index contributed by atoms with van der Waals surface area (Å²) in [5.41, 5.74) is 1.90. The highest BCUT2D eigenvalue weighted by Crippen LogP contribution is 2.25. The third kappa shape index (κ3) is 2.44. The summed E-state index contributed by atoms with van der Waals surface area (Å²) >= 11 is 0. The lowest BCUT2D eigenvalue weighted by Crippen LogP contribution is -2.00. The van der Waals surface area contributed by atoms with E-state index in [2.05, 4.69) is 10.2 Å². The molecular weight excluding hydrogens is 220 g/mol. The number of rotatable bonds is 3. The Balaban J connectivity index is 2.37. The van der Waals surface area contributed by atoms with Crippen LogP contribution in [0.5, 0.6) is 11.6 Å². The standard InChI is InChI=1S/C12H12N2O3/c1-7-3-4-9(12(15)16)10(5-7)17-11-6-8(2)13-14-11/h3-6H,1-2H3,(H,13,14)(H,15,16). The molecule has 0 radical (unpaired) electrons. The molecule has 2 aromatic rings. The third-order valence-electron chi connectivity index (χ3n) is 2.26. The van der Waals surface area contributed by atoms with E-state index in [1.54, 1.807) is 18.2 Å². The Bertz CT molecular complexity index is 561. The first kappa shape index (κ1) is 11.2. The normalized spacial score (nSPS) is 10.2. The van der Waals surface area contributed by atoms with Crippen molar-refractivity contribution in [3.05, 3.63) is 41.1 Å². The minimum atomic E-state index is -1.02. The molecule has 0 saturated heterocycles. The van der Waals surface area contributed by atoms with Gasteiger partial charge in [0.25, 0.3) is 0 Å². The molecule has 2 rings (SSSR count). The number of carbonyl (C=O) groups is 1. The van der Waals surface area contributed by atoms with Crippen LogP contribution in [-0.4, -0.2) is 21.3 Å². The predicted molar refractivity (Wildman–Crippen MR) is 61.5 cm³/mol. The molecule has 1 aromatic heterocycles. The molecule has 0 unspecified atom stereocenters. The molecule has 1 aromatic carbocycles.